The molecule has 0 aliphatic carbocycles. The van der Waals surface area contributed by atoms with E-state index in [0.29, 0.717) is 12.3 Å². The molecule has 6 nitrogen and oxygen atoms in total. The van der Waals surface area contributed by atoms with Gasteiger partial charge in [-0.15, -0.1) is 0 Å². The van der Waals surface area contributed by atoms with Crippen molar-refractivity contribution < 1.29 is 14.5 Å². The fourth-order valence-corrected chi connectivity index (χ4v) is 2.98. The van der Waals surface area contributed by atoms with Crippen LogP contribution in [-0.2, 0) is 4.79 Å². The molecule has 3 aromatic carbocycles. The molecule has 0 aliphatic heterocycles. The van der Waals surface area contributed by atoms with Gasteiger partial charge in [0.1, 0.15) is 5.75 Å². The van der Waals surface area contributed by atoms with Gasteiger partial charge in [-0.05, 0) is 30.5 Å². The summed E-state index contributed by atoms with van der Waals surface area (Å²) >= 11 is 0. The first-order valence-electron chi connectivity index (χ1n) is 8.75. The van der Waals surface area contributed by atoms with E-state index in [1.165, 1.54) is 24.3 Å². The van der Waals surface area contributed by atoms with Crippen LogP contribution in [-0.4, -0.2) is 24.0 Å². The quantitative estimate of drug-likeness (QED) is 0.455. The molecule has 0 N–H and O–H groups in total. The van der Waals surface area contributed by atoms with E-state index in [2.05, 4.69) is 0 Å². The van der Waals surface area contributed by atoms with Crippen LogP contribution in [0, 0.1) is 10.1 Å². The van der Waals surface area contributed by atoms with Crippen LogP contribution in [0.2, 0.25) is 0 Å². The highest BCUT2D eigenvalue weighted by Gasteiger charge is 2.16. The molecule has 3 aromatic rings. The number of rotatable bonds is 7. The van der Waals surface area contributed by atoms with Crippen LogP contribution in [0.5, 0.6) is 5.75 Å². The zero-order valence-electron chi connectivity index (χ0n) is 15.0. The Morgan fingerprint density at radius 2 is 1.74 bits per heavy atom. The van der Waals surface area contributed by atoms with Gasteiger partial charge in [0, 0.05) is 24.1 Å². The van der Waals surface area contributed by atoms with Gasteiger partial charge in [-0.3, -0.25) is 14.9 Å². The minimum atomic E-state index is -0.462. The Bertz CT molecular complexity index is 949. The first kappa shape index (κ1) is 18.4. The molecule has 0 aliphatic rings. The summed E-state index contributed by atoms with van der Waals surface area (Å²) in [7, 11) is 0. The molecule has 1 amide bonds. The number of benzene rings is 3. The lowest BCUT2D eigenvalue weighted by molar-refractivity contribution is -0.384. The van der Waals surface area contributed by atoms with Gasteiger partial charge >= 0.3 is 0 Å². The molecule has 0 saturated carbocycles. The lowest BCUT2D eigenvalue weighted by Crippen LogP contribution is -2.31. The molecule has 0 radical (unpaired) electrons. The van der Waals surface area contributed by atoms with E-state index in [1.807, 2.05) is 49.4 Å². The number of hydrogen-bond donors (Lipinski definition) is 0. The normalized spacial score (nSPS) is 10.6. The molecule has 138 valence electrons. The minimum Gasteiger partial charge on any atom is -0.493 e. The maximum absolute atomic E-state index is 12.7. The number of nitro groups is 1. The van der Waals surface area contributed by atoms with Gasteiger partial charge in [0.2, 0.25) is 5.91 Å². The van der Waals surface area contributed by atoms with Crippen molar-refractivity contribution in [2.45, 2.75) is 13.3 Å². The second kappa shape index (κ2) is 8.31. The van der Waals surface area contributed by atoms with Crippen molar-refractivity contribution in [3.63, 3.8) is 0 Å². The number of carbonyl (C=O) groups is 1. The summed E-state index contributed by atoms with van der Waals surface area (Å²) in [5.41, 5.74) is 0.891. The van der Waals surface area contributed by atoms with Gasteiger partial charge in [0.25, 0.3) is 5.69 Å². The molecule has 0 aromatic heterocycles. The third-order valence-corrected chi connectivity index (χ3v) is 4.31. The predicted molar refractivity (Wildman–Crippen MR) is 105 cm³/mol. The molecular weight excluding hydrogens is 344 g/mol. The lowest BCUT2D eigenvalue weighted by Gasteiger charge is -2.23. The van der Waals surface area contributed by atoms with Gasteiger partial charge in [-0.2, -0.15) is 0 Å². The van der Waals surface area contributed by atoms with E-state index in [1.54, 1.807) is 4.90 Å². The molecule has 6 heteroatoms. The van der Waals surface area contributed by atoms with E-state index in [9.17, 15) is 14.9 Å². The van der Waals surface area contributed by atoms with Crippen LogP contribution in [0.1, 0.15) is 13.3 Å². The number of nitro benzene ring substituents is 1. The first-order valence-corrected chi connectivity index (χ1v) is 8.75. The van der Waals surface area contributed by atoms with Crippen molar-refractivity contribution >= 4 is 28.1 Å². The fraction of sp³-hybridized carbons (Fsp3) is 0.190. The Labute approximate surface area is 157 Å². The van der Waals surface area contributed by atoms with E-state index >= 15 is 0 Å². The molecule has 0 spiro atoms. The summed E-state index contributed by atoms with van der Waals surface area (Å²) in [5, 5.41) is 12.8. The SMILES string of the molecule is CCN(C(=O)CCOc1ccc([N+](=O)[O-])cc1)c1cccc2ccccc12. The largest absolute Gasteiger partial charge is 0.493 e. The fourth-order valence-electron chi connectivity index (χ4n) is 2.98. The Hall–Kier alpha value is -3.41. The zero-order valence-corrected chi connectivity index (χ0v) is 15.0. The van der Waals surface area contributed by atoms with Crippen LogP contribution in [0.4, 0.5) is 11.4 Å². The summed E-state index contributed by atoms with van der Waals surface area (Å²) in [6.07, 6.45) is 0.216. The van der Waals surface area contributed by atoms with E-state index in [-0.39, 0.29) is 24.6 Å². The Morgan fingerprint density at radius 1 is 1.04 bits per heavy atom. The predicted octanol–water partition coefficient (Wildman–Crippen LogP) is 4.57. The third-order valence-electron chi connectivity index (χ3n) is 4.31. The van der Waals surface area contributed by atoms with Gasteiger partial charge in [-0.25, -0.2) is 0 Å². The first-order chi connectivity index (χ1) is 13.1. The standard InChI is InChI=1S/C21H20N2O4/c1-2-22(20-9-5-7-16-6-3-4-8-19(16)20)21(24)14-15-27-18-12-10-17(11-13-18)23(25)26/h3-13H,2,14-15H2,1H3. The van der Waals surface area contributed by atoms with Crippen LogP contribution < -0.4 is 9.64 Å². The Balaban J connectivity index is 1.66. The number of anilines is 1. The maximum Gasteiger partial charge on any atom is 0.269 e. The van der Waals surface area contributed by atoms with Crippen LogP contribution in [0.15, 0.2) is 66.7 Å². The Morgan fingerprint density at radius 3 is 2.44 bits per heavy atom. The summed E-state index contributed by atoms with van der Waals surface area (Å²) in [6, 6.07) is 19.7. The molecule has 0 saturated heterocycles. The molecule has 3 rings (SSSR count). The van der Waals surface area contributed by atoms with Crippen molar-refractivity contribution in [3.05, 3.63) is 76.8 Å². The summed E-state index contributed by atoms with van der Waals surface area (Å²) in [4.78, 5) is 24.7. The van der Waals surface area contributed by atoms with Crippen molar-refractivity contribution in [1.82, 2.24) is 0 Å². The molecule has 0 fully saturated rings. The molecule has 0 unspecified atom stereocenters. The molecule has 0 atom stereocenters. The lowest BCUT2D eigenvalue weighted by atomic mass is 10.1. The highest BCUT2D eigenvalue weighted by atomic mass is 16.6. The molecule has 0 heterocycles. The van der Waals surface area contributed by atoms with Crippen LogP contribution in [0.3, 0.4) is 0 Å². The van der Waals surface area contributed by atoms with Crippen molar-refractivity contribution in [3.8, 4) is 5.75 Å². The summed E-state index contributed by atoms with van der Waals surface area (Å²) < 4.78 is 5.56. The van der Waals surface area contributed by atoms with E-state index in [0.717, 1.165) is 16.5 Å². The molecule has 0 bridgehead atoms. The second-order valence-electron chi connectivity index (χ2n) is 5.99. The van der Waals surface area contributed by atoms with Gasteiger partial charge in [0.15, 0.2) is 0 Å². The van der Waals surface area contributed by atoms with E-state index < -0.39 is 4.92 Å². The number of fused-ring (bicyclic) bond motifs is 1. The number of amides is 1. The summed E-state index contributed by atoms with van der Waals surface area (Å²) in [6.45, 7) is 2.71. The number of nitrogens with zero attached hydrogens (tertiary/aromatic N) is 2. The summed E-state index contributed by atoms with van der Waals surface area (Å²) in [5.74, 6) is 0.470. The average Bonchev–Trinajstić information content (AvgIpc) is 2.69. The topological polar surface area (TPSA) is 72.7 Å². The van der Waals surface area contributed by atoms with Crippen LogP contribution >= 0.6 is 0 Å². The van der Waals surface area contributed by atoms with Gasteiger partial charge in [-0.1, -0.05) is 36.4 Å². The third kappa shape index (κ3) is 4.23. The van der Waals surface area contributed by atoms with Gasteiger partial charge in [0.05, 0.1) is 23.6 Å². The van der Waals surface area contributed by atoms with Gasteiger partial charge < -0.3 is 9.64 Å². The monoisotopic (exact) mass is 364 g/mol. The number of carbonyl (C=O) groups excluding carboxylic acids is 1. The Kier molecular flexibility index (Phi) is 5.66. The molecular formula is C21H20N2O4. The minimum absolute atomic E-state index is 0.00606. The second-order valence-corrected chi connectivity index (χ2v) is 5.99. The highest BCUT2D eigenvalue weighted by Crippen LogP contribution is 2.27. The highest BCUT2D eigenvalue weighted by molar-refractivity contribution is 6.03. The number of ether oxygens (including phenoxy) is 1. The van der Waals surface area contributed by atoms with Crippen molar-refractivity contribution in [2.75, 3.05) is 18.1 Å². The molecule has 27 heavy (non-hydrogen) atoms. The maximum atomic E-state index is 12.7. The van der Waals surface area contributed by atoms with Crippen LogP contribution in [0.25, 0.3) is 10.8 Å². The number of non-ortho nitro benzene ring substituents is 1. The van der Waals surface area contributed by atoms with Crippen molar-refractivity contribution in [1.29, 1.82) is 0 Å². The zero-order chi connectivity index (χ0) is 19.2. The smallest absolute Gasteiger partial charge is 0.269 e. The van der Waals surface area contributed by atoms with E-state index in [4.69, 9.17) is 4.74 Å². The van der Waals surface area contributed by atoms with Crippen molar-refractivity contribution in [2.24, 2.45) is 0 Å². The number of hydrogen-bond acceptors (Lipinski definition) is 4. The average molecular weight is 364 g/mol.